The van der Waals surface area contributed by atoms with Crippen molar-refractivity contribution >= 4 is 17.2 Å². The summed E-state index contributed by atoms with van der Waals surface area (Å²) in [7, 11) is 0. The lowest BCUT2D eigenvalue weighted by atomic mass is 10.0. The van der Waals surface area contributed by atoms with Crippen LogP contribution in [0.25, 0.3) is 16.9 Å². The molecule has 4 aromatic rings. The average Bonchev–Trinajstić information content (AvgIpc) is 3.08. The number of anilines is 1. The highest BCUT2D eigenvalue weighted by molar-refractivity contribution is 5.93. The highest BCUT2D eigenvalue weighted by Crippen LogP contribution is 2.27. The van der Waals surface area contributed by atoms with E-state index in [0.717, 1.165) is 28.2 Å². The molecule has 0 aliphatic carbocycles. The van der Waals surface area contributed by atoms with Gasteiger partial charge in [-0.15, -0.1) is 0 Å². The molecule has 0 saturated heterocycles. The van der Waals surface area contributed by atoms with Gasteiger partial charge in [0, 0.05) is 17.4 Å². The molecule has 0 saturated carbocycles. The molecule has 1 N–H and O–H groups in total. The monoisotopic (exact) mass is 415 g/mol. The van der Waals surface area contributed by atoms with Gasteiger partial charge < -0.3 is 9.72 Å². The number of hydrogen-bond donors (Lipinski definition) is 1. The molecule has 0 radical (unpaired) electrons. The fourth-order valence-electron chi connectivity index (χ4n) is 3.70. The number of fused-ring (bicyclic) bond motifs is 1. The molecule has 0 spiro atoms. The highest BCUT2D eigenvalue weighted by atomic mass is 19.1. The number of pyridine rings is 1. The molecular weight excluding hydrogens is 389 g/mol. The Balaban J connectivity index is 1.69. The summed E-state index contributed by atoms with van der Waals surface area (Å²) in [4.78, 5) is 17.7. The van der Waals surface area contributed by atoms with Crippen molar-refractivity contribution in [1.82, 2.24) is 9.38 Å². The van der Waals surface area contributed by atoms with E-state index in [-0.39, 0.29) is 18.1 Å². The minimum absolute atomic E-state index is 0.124. The molecule has 5 heteroatoms. The summed E-state index contributed by atoms with van der Waals surface area (Å²) in [6.45, 7) is 8.01. The quantitative estimate of drug-likeness (QED) is 0.430. The number of nitrogens with one attached hydrogen (secondary N) is 1. The van der Waals surface area contributed by atoms with Gasteiger partial charge in [0.25, 0.3) is 0 Å². The molecule has 0 unspecified atom stereocenters. The minimum atomic E-state index is -0.257. The molecule has 0 aliphatic rings. The normalized spacial score (nSPS) is 11.3. The number of rotatable bonds is 5. The zero-order valence-corrected chi connectivity index (χ0v) is 18.2. The third-order valence-electron chi connectivity index (χ3n) is 5.49. The van der Waals surface area contributed by atoms with E-state index in [0.29, 0.717) is 17.2 Å². The number of hydrogen-bond acceptors (Lipinski definition) is 2. The topological polar surface area (TPSA) is 46.4 Å². The first-order chi connectivity index (χ1) is 14.8. The standard InChI is InChI=1S/C26H26FN3O/c1-16(2)19-6-9-21(10-7-19)28-25(31)14-23-26(20-8-11-22(27)18(4)13-20)29-24-12-5-17(3)15-30(23)24/h5-13,15-16H,14H2,1-4H3,(H,28,31). The van der Waals surface area contributed by atoms with Crippen LogP contribution in [0, 0.1) is 19.7 Å². The lowest BCUT2D eigenvalue weighted by molar-refractivity contribution is -0.115. The third-order valence-corrected chi connectivity index (χ3v) is 5.49. The van der Waals surface area contributed by atoms with Gasteiger partial charge >= 0.3 is 0 Å². The first kappa shape index (κ1) is 20.8. The van der Waals surface area contributed by atoms with Crippen molar-refractivity contribution in [2.75, 3.05) is 5.32 Å². The molecule has 2 aromatic heterocycles. The van der Waals surface area contributed by atoms with Crippen LogP contribution >= 0.6 is 0 Å². The van der Waals surface area contributed by atoms with Crippen LogP contribution in [0.3, 0.4) is 0 Å². The predicted molar refractivity (Wildman–Crippen MR) is 123 cm³/mol. The van der Waals surface area contributed by atoms with E-state index in [4.69, 9.17) is 4.98 Å². The van der Waals surface area contributed by atoms with Gasteiger partial charge in [-0.3, -0.25) is 4.79 Å². The zero-order chi connectivity index (χ0) is 22.1. The molecule has 158 valence electrons. The van der Waals surface area contributed by atoms with Crippen LogP contribution in [0.4, 0.5) is 10.1 Å². The summed E-state index contributed by atoms with van der Waals surface area (Å²) < 4.78 is 15.8. The largest absolute Gasteiger partial charge is 0.326 e. The maximum atomic E-state index is 13.8. The molecular formula is C26H26FN3O. The Kier molecular flexibility index (Phi) is 5.59. The van der Waals surface area contributed by atoms with E-state index in [9.17, 15) is 9.18 Å². The van der Waals surface area contributed by atoms with Crippen LogP contribution in [-0.2, 0) is 11.2 Å². The van der Waals surface area contributed by atoms with E-state index >= 15 is 0 Å². The van der Waals surface area contributed by atoms with E-state index in [1.807, 2.05) is 53.9 Å². The summed E-state index contributed by atoms with van der Waals surface area (Å²) in [5.41, 5.74) is 6.63. The van der Waals surface area contributed by atoms with Gasteiger partial charge in [0.2, 0.25) is 5.91 Å². The summed E-state index contributed by atoms with van der Waals surface area (Å²) in [6, 6.07) is 16.8. The Bertz CT molecular complexity index is 1260. The molecule has 2 heterocycles. The van der Waals surface area contributed by atoms with Gasteiger partial charge in [0.15, 0.2) is 0 Å². The Hall–Kier alpha value is -3.47. The molecule has 0 bridgehead atoms. The lowest BCUT2D eigenvalue weighted by Crippen LogP contribution is -2.16. The lowest BCUT2D eigenvalue weighted by Gasteiger charge is -2.10. The Morgan fingerprint density at radius 1 is 1.06 bits per heavy atom. The number of aryl methyl sites for hydroxylation is 2. The first-order valence-electron chi connectivity index (χ1n) is 10.5. The van der Waals surface area contributed by atoms with Gasteiger partial charge in [-0.05, 0) is 72.9 Å². The summed E-state index contributed by atoms with van der Waals surface area (Å²) in [5, 5.41) is 2.98. The van der Waals surface area contributed by atoms with Crippen molar-refractivity contribution < 1.29 is 9.18 Å². The Morgan fingerprint density at radius 2 is 1.81 bits per heavy atom. The number of amides is 1. The summed E-state index contributed by atoms with van der Waals surface area (Å²) in [5.74, 6) is 0.0565. The van der Waals surface area contributed by atoms with Gasteiger partial charge in [-0.25, -0.2) is 9.37 Å². The zero-order valence-electron chi connectivity index (χ0n) is 18.2. The second-order valence-electron chi connectivity index (χ2n) is 8.31. The van der Waals surface area contributed by atoms with Crippen LogP contribution < -0.4 is 5.32 Å². The molecule has 4 rings (SSSR count). The predicted octanol–water partition coefficient (Wildman–Crippen LogP) is 6.06. The smallest absolute Gasteiger partial charge is 0.230 e. The molecule has 31 heavy (non-hydrogen) atoms. The average molecular weight is 416 g/mol. The number of carbonyl (C=O) groups is 1. The third kappa shape index (κ3) is 4.36. The molecule has 1 amide bonds. The van der Waals surface area contributed by atoms with Crippen LogP contribution in [0.15, 0.2) is 60.8 Å². The van der Waals surface area contributed by atoms with E-state index in [2.05, 4.69) is 19.2 Å². The molecule has 4 nitrogen and oxygen atoms in total. The minimum Gasteiger partial charge on any atom is -0.326 e. The van der Waals surface area contributed by atoms with Crippen molar-refractivity contribution in [2.45, 2.75) is 40.0 Å². The first-order valence-corrected chi connectivity index (χ1v) is 10.5. The van der Waals surface area contributed by atoms with E-state index < -0.39 is 0 Å². The van der Waals surface area contributed by atoms with Crippen molar-refractivity contribution in [1.29, 1.82) is 0 Å². The molecule has 0 fully saturated rings. The van der Waals surface area contributed by atoms with Crippen molar-refractivity contribution in [2.24, 2.45) is 0 Å². The van der Waals surface area contributed by atoms with Crippen LogP contribution in [0.5, 0.6) is 0 Å². The second-order valence-corrected chi connectivity index (χ2v) is 8.31. The van der Waals surface area contributed by atoms with Gasteiger partial charge in [-0.2, -0.15) is 0 Å². The fourth-order valence-corrected chi connectivity index (χ4v) is 3.70. The van der Waals surface area contributed by atoms with Crippen LogP contribution in [0.1, 0.15) is 42.1 Å². The van der Waals surface area contributed by atoms with Crippen molar-refractivity contribution in [3.8, 4) is 11.3 Å². The van der Waals surface area contributed by atoms with Crippen molar-refractivity contribution in [3.63, 3.8) is 0 Å². The summed E-state index contributed by atoms with van der Waals surface area (Å²) >= 11 is 0. The van der Waals surface area contributed by atoms with Crippen LogP contribution in [0.2, 0.25) is 0 Å². The highest BCUT2D eigenvalue weighted by Gasteiger charge is 2.18. The van der Waals surface area contributed by atoms with E-state index in [1.165, 1.54) is 11.6 Å². The Labute approximate surface area is 181 Å². The van der Waals surface area contributed by atoms with E-state index in [1.54, 1.807) is 19.1 Å². The maximum Gasteiger partial charge on any atom is 0.230 e. The number of nitrogens with zero attached hydrogens (tertiary/aromatic N) is 2. The van der Waals surface area contributed by atoms with Gasteiger partial charge in [-0.1, -0.05) is 32.0 Å². The SMILES string of the molecule is Cc1ccc2nc(-c3ccc(F)c(C)c3)c(CC(=O)Nc3ccc(C(C)C)cc3)n2c1. The van der Waals surface area contributed by atoms with Gasteiger partial charge in [0.1, 0.15) is 11.5 Å². The number of benzene rings is 2. The molecule has 0 atom stereocenters. The Morgan fingerprint density at radius 3 is 2.48 bits per heavy atom. The second kappa shape index (κ2) is 8.34. The fraction of sp³-hybridized carbons (Fsp3) is 0.231. The summed E-state index contributed by atoms with van der Waals surface area (Å²) in [6.07, 6.45) is 2.13. The van der Waals surface area contributed by atoms with Gasteiger partial charge in [0.05, 0.1) is 17.8 Å². The molecule has 2 aromatic carbocycles. The molecule has 0 aliphatic heterocycles. The number of carbonyl (C=O) groups excluding carboxylic acids is 1. The number of imidazole rings is 1. The van der Waals surface area contributed by atoms with Crippen LogP contribution in [-0.4, -0.2) is 15.3 Å². The van der Waals surface area contributed by atoms with Crippen molar-refractivity contribution in [3.05, 3.63) is 89.0 Å². The number of halogens is 1. The maximum absolute atomic E-state index is 13.8. The number of aromatic nitrogens is 2.